The Morgan fingerprint density at radius 2 is 2.30 bits per heavy atom. The monoisotopic (exact) mass is 294 g/mol. The first-order chi connectivity index (χ1) is 9.73. The number of nitrogens with one attached hydrogen (secondary N) is 1. The summed E-state index contributed by atoms with van der Waals surface area (Å²) < 4.78 is 5.26. The lowest BCUT2D eigenvalue weighted by molar-refractivity contribution is -0.126. The Labute approximate surface area is 124 Å². The molecule has 1 N–H and O–H groups in total. The normalized spacial score (nSPS) is 26.1. The molecule has 1 aromatic heterocycles. The Bertz CT molecular complexity index is 452. The number of thiophene rings is 1. The molecule has 0 aromatic carbocycles. The second-order valence-electron chi connectivity index (χ2n) is 5.94. The fourth-order valence-corrected chi connectivity index (χ4v) is 4.26. The predicted octanol–water partition coefficient (Wildman–Crippen LogP) is 1.72. The van der Waals surface area contributed by atoms with Crippen LogP contribution in [-0.4, -0.2) is 44.2 Å². The molecular formula is C15H22N2O2S. The van der Waals surface area contributed by atoms with Crippen molar-refractivity contribution in [2.24, 2.45) is 11.3 Å². The van der Waals surface area contributed by atoms with E-state index < -0.39 is 0 Å². The number of ether oxygens (including phenoxy) is 1. The molecule has 110 valence electrons. The highest BCUT2D eigenvalue weighted by atomic mass is 32.1. The van der Waals surface area contributed by atoms with Crippen molar-refractivity contribution in [1.29, 1.82) is 0 Å². The van der Waals surface area contributed by atoms with Crippen LogP contribution in [0.15, 0.2) is 17.5 Å². The van der Waals surface area contributed by atoms with E-state index in [2.05, 4.69) is 27.7 Å². The molecule has 0 saturated carbocycles. The van der Waals surface area contributed by atoms with Crippen LogP contribution in [0.3, 0.4) is 0 Å². The maximum Gasteiger partial charge on any atom is 0.226 e. The number of carbonyl (C=O) groups excluding carboxylic acids is 1. The van der Waals surface area contributed by atoms with Crippen LogP contribution in [0.4, 0.5) is 0 Å². The van der Waals surface area contributed by atoms with E-state index in [0.29, 0.717) is 6.61 Å². The maximum atomic E-state index is 12.0. The minimum atomic E-state index is 0.0383. The molecule has 4 nitrogen and oxygen atoms in total. The van der Waals surface area contributed by atoms with Crippen LogP contribution in [0.25, 0.3) is 0 Å². The van der Waals surface area contributed by atoms with Crippen molar-refractivity contribution >= 4 is 17.2 Å². The fraction of sp³-hybridized carbons (Fsp3) is 0.667. The van der Waals surface area contributed by atoms with Gasteiger partial charge in [0.25, 0.3) is 0 Å². The second kappa shape index (κ2) is 5.84. The molecule has 0 radical (unpaired) electrons. The van der Waals surface area contributed by atoms with Gasteiger partial charge in [0.05, 0.1) is 12.5 Å². The van der Waals surface area contributed by atoms with Crippen molar-refractivity contribution in [3.05, 3.63) is 22.4 Å². The number of rotatable bonds is 4. The summed E-state index contributed by atoms with van der Waals surface area (Å²) in [5.74, 6) is 0.218. The second-order valence-corrected chi connectivity index (χ2v) is 6.98. The fourth-order valence-electron chi connectivity index (χ4n) is 3.51. The number of amides is 1. The SMILES string of the molecule is COC[C@@H]1C(=O)NCC12CCN(Cc1cccs1)CC2. The zero-order valence-corrected chi connectivity index (χ0v) is 12.7. The minimum absolute atomic E-state index is 0.0383. The summed E-state index contributed by atoms with van der Waals surface area (Å²) >= 11 is 1.82. The first-order valence-corrected chi connectivity index (χ1v) is 8.13. The van der Waals surface area contributed by atoms with E-state index in [1.807, 2.05) is 11.3 Å². The van der Waals surface area contributed by atoms with Gasteiger partial charge in [0.15, 0.2) is 0 Å². The summed E-state index contributed by atoms with van der Waals surface area (Å²) in [6, 6.07) is 4.31. The molecule has 0 bridgehead atoms. The molecule has 0 aliphatic carbocycles. The molecule has 0 unspecified atom stereocenters. The van der Waals surface area contributed by atoms with Crippen molar-refractivity contribution in [3.8, 4) is 0 Å². The van der Waals surface area contributed by atoms with Crippen LogP contribution in [0.5, 0.6) is 0 Å². The Kier molecular flexibility index (Phi) is 4.10. The molecular weight excluding hydrogens is 272 g/mol. The molecule has 2 saturated heterocycles. The van der Waals surface area contributed by atoms with E-state index in [-0.39, 0.29) is 17.2 Å². The van der Waals surface area contributed by atoms with Gasteiger partial charge in [-0.15, -0.1) is 11.3 Å². The minimum Gasteiger partial charge on any atom is -0.384 e. The van der Waals surface area contributed by atoms with E-state index in [1.54, 1.807) is 7.11 Å². The van der Waals surface area contributed by atoms with Crippen LogP contribution < -0.4 is 5.32 Å². The van der Waals surface area contributed by atoms with E-state index in [0.717, 1.165) is 39.0 Å². The number of piperidine rings is 1. The molecule has 2 fully saturated rings. The number of nitrogens with zero attached hydrogens (tertiary/aromatic N) is 1. The van der Waals surface area contributed by atoms with Crippen LogP contribution in [-0.2, 0) is 16.1 Å². The molecule has 3 heterocycles. The number of hydrogen-bond donors (Lipinski definition) is 1. The number of likely N-dealkylation sites (tertiary alicyclic amines) is 1. The van der Waals surface area contributed by atoms with Crippen LogP contribution in [0, 0.1) is 11.3 Å². The van der Waals surface area contributed by atoms with Gasteiger partial charge in [-0.05, 0) is 37.4 Å². The summed E-state index contributed by atoms with van der Waals surface area (Å²) in [5.41, 5.74) is 0.124. The van der Waals surface area contributed by atoms with Crippen molar-refractivity contribution < 1.29 is 9.53 Å². The first-order valence-electron chi connectivity index (χ1n) is 7.25. The van der Waals surface area contributed by atoms with Gasteiger partial charge in [0.1, 0.15) is 0 Å². The topological polar surface area (TPSA) is 41.6 Å². The highest BCUT2D eigenvalue weighted by molar-refractivity contribution is 7.09. The molecule has 3 rings (SSSR count). The van der Waals surface area contributed by atoms with Gasteiger partial charge in [0.2, 0.25) is 5.91 Å². The van der Waals surface area contributed by atoms with Crippen molar-refractivity contribution in [2.75, 3.05) is 33.4 Å². The zero-order chi connectivity index (χ0) is 14.0. The highest BCUT2D eigenvalue weighted by Crippen LogP contribution is 2.42. The molecule has 2 aliphatic heterocycles. The van der Waals surface area contributed by atoms with Gasteiger partial charge in [-0.3, -0.25) is 9.69 Å². The Hall–Kier alpha value is -0.910. The Balaban J connectivity index is 1.61. The summed E-state index contributed by atoms with van der Waals surface area (Å²) in [5, 5.41) is 5.17. The number of hydrogen-bond acceptors (Lipinski definition) is 4. The van der Waals surface area contributed by atoms with Crippen LogP contribution in [0.1, 0.15) is 17.7 Å². The predicted molar refractivity (Wildman–Crippen MR) is 79.6 cm³/mol. The van der Waals surface area contributed by atoms with Gasteiger partial charge < -0.3 is 10.1 Å². The quantitative estimate of drug-likeness (QED) is 0.919. The van der Waals surface area contributed by atoms with Gasteiger partial charge in [-0.25, -0.2) is 0 Å². The van der Waals surface area contributed by atoms with E-state index in [4.69, 9.17) is 4.74 Å². The molecule has 1 spiro atoms. The molecule has 20 heavy (non-hydrogen) atoms. The molecule has 5 heteroatoms. The Morgan fingerprint density at radius 3 is 2.95 bits per heavy atom. The lowest BCUT2D eigenvalue weighted by atomic mass is 9.71. The summed E-state index contributed by atoms with van der Waals surface area (Å²) in [7, 11) is 1.69. The van der Waals surface area contributed by atoms with Gasteiger partial charge in [-0.1, -0.05) is 6.07 Å². The van der Waals surface area contributed by atoms with Crippen molar-refractivity contribution in [2.45, 2.75) is 19.4 Å². The summed E-state index contributed by atoms with van der Waals surface area (Å²) in [4.78, 5) is 15.9. The summed E-state index contributed by atoms with van der Waals surface area (Å²) in [6.07, 6.45) is 2.18. The summed E-state index contributed by atoms with van der Waals surface area (Å²) in [6.45, 7) is 4.58. The number of methoxy groups -OCH3 is 1. The van der Waals surface area contributed by atoms with Crippen LogP contribution in [0.2, 0.25) is 0 Å². The van der Waals surface area contributed by atoms with E-state index in [1.165, 1.54) is 4.88 Å². The van der Waals surface area contributed by atoms with Crippen LogP contribution >= 0.6 is 11.3 Å². The lowest BCUT2D eigenvalue weighted by Crippen LogP contribution is -2.45. The molecule has 1 atom stereocenters. The third kappa shape index (κ3) is 2.62. The smallest absolute Gasteiger partial charge is 0.226 e. The van der Waals surface area contributed by atoms with Gasteiger partial charge in [0, 0.05) is 30.5 Å². The van der Waals surface area contributed by atoms with Crippen molar-refractivity contribution in [1.82, 2.24) is 10.2 Å². The van der Waals surface area contributed by atoms with Gasteiger partial charge >= 0.3 is 0 Å². The third-order valence-corrected chi connectivity index (χ3v) is 5.68. The zero-order valence-electron chi connectivity index (χ0n) is 11.9. The highest BCUT2D eigenvalue weighted by Gasteiger charge is 2.49. The number of carbonyl (C=O) groups is 1. The maximum absolute atomic E-state index is 12.0. The van der Waals surface area contributed by atoms with E-state index >= 15 is 0 Å². The average molecular weight is 294 g/mol. The average Bonchev–Trinajstić information content (AvgIpc) is 3.06. The van der Waals surface area contributed by atoms with Gasteiger partial charge in [-0.2, -0.15) is 0 Å². The lowest BCUT2D eigenvalue weighted by Gasteiger charge is -2.41. The third-order valence-electron chi connectivity index (χ3n) is 4.82. The molecule has 2 aliphatic rings. The Morgan fingerprint density at radius 1 is 1.50 bits per heavy atom. The van der Waals surface area contributed by atoms with E-state index in [9.17, 15) is 4.79 Å². The first kappa shape index (κ1) is 14.0. The largest absolute Gasteiger partial charge is 0.384 e. The molecule has 1 amide bonds. The van der Waals surface area contributed by atoms with Crippen molar-refractivity contribution in [3.63, 3.8) is 0 Å². The molecule has 1 aromatic rings. The standard InChI is InChI=1S/C15H22N2O2S/c1-19-10-13-14(18)16-11-15(13)4-6-17(7-5-15)9-12-3-2-8-20-12/h2-3,8,13H,4-7,9-11H2,1H3,(H,16,18)/t13-/m1/s1.